The Bertz CT molecular complexity index is 49.7. The summed E-state index contributed by atoms with van der Waals surface area (Å²) in [5.74, 6) is 0.767. The molecule has 0 aromatic rings. The van der Waals surface area contributed by atoms with Gasteiger partial charge in [0.15, 0.2) is 0 Å². The van der Waals surface area contributed by atoms with Gasteiger partial charge in [0.05, 0.1) is 6.10 Å². The van der Waals surface area contributed by atoms with Crippen molar-refractivity contribution in [3.63, 3.8) is 0 Å². The summed E-state index contributed by atoms with van der Waals surface area (Å²) in [5, 5.41) is 0. The van der Waals surface area contributed by atoms with Gasteiger partial charge in [-0.05, 0) is 26.2 Å². The summed E-state index contributed by atoms with van der Waals surface area (Å²) in [6, 6.07) is 0. The fourth-order valence-corrected chi connectivity index (χ4v) is 0.539. The first-order valence-corrected chi connectivity index (χ1v) is 3.74. The molecular weight excluding hydrogens is 124 g/mol. The summed E-state index contributed by atoms with van der Waals surface area (Å²) >= 11 is 0. The van der Waals surface area contributed by atoms with Gasteiger partial charge in [-0.3, -0.25) is 0 Å². The van der Waals surface area contributed by atoms with Crippen LogP contribution in [0.25, 0.3) is 0 Å². The number of ether oxygens (including phenoxy) is 1. The van der Waals surface area contributed by atoms with Crippen molar-refractivity contribution in [2.24, 2.45) is 5.92 Å². The Morgan fingerprint density at radius 2 is 1.60 bits per heavy atom. The molecule has 0 atom stereocenters. The van der Waals surface area contributed by atoms with Gasteiger partial charge in [0.1, 0.15) is 0 Å². The molecule has 0 saturated heterocycles. The van der Waals surface area contributed by atoms with Crippen LogP contribution >= 0.6 is 0 Å². The molecule has 0 aliphatic carbocycles. The average molecular weight is 146 g/mol. The third kappa shape index (κ3) is 10.9. The van der Waals surface area contributed by atoms with E-state index in [0.29, 0.717) is 6.10 Å². The van der Waals surface area contributed by atoms with E-state index in [9.17, 15) is 0 Å². The highest BCUT2D eigenvalue weighted by Gasteiger charge is 1.95. The smallest absolute Gasteiger partial charge is 0.0518 e. The highest BCUT2D eigenvalue weighted by molar-refractivity contribution is 4.43. The standard InChI is InChI=1S/C8H18O.CH4/c1-7(2)5-6-9-8(3)4;/h7-8H,5-6H2,1-4H3;1H4. The van der Waals surface area contributed by atoms with Gasteiger partial charge in [-0.2, -0.15) is 0 Å². The third-order valence-corrected chi connectivity index (χ3v) is 1.15. The lowest BCUT2D eigenvalue weighted by Crippen LogP contribution is -2.05. The van der Waals surface area contributed by atoms with Crippen LogP contribution in [0.4, 0.5) is 0 Å². The minimum absolute atomic E-state index is 0. The Morgan fingerprint density at radius 1 is 1.10 bits per heavy atom. The van der Waals surface area contributed by atoms with Crippen LogP contribution in [0.2, 0.25) is 0 Å². The highest BCUT2D eigenvalue weighted by atomic mass is 16.5. The Labute approximate surface area is 65.8 Å². The molecule has 0 aliphatic rings. The van der Waals surface area contributed by atoms with Gasteiger partial charge in [-0.15, -0.1) is 0 Å². The van der Waals surface area contributed by atoms with Crippen molar-refractivity contribution in [2.45, 2.75) is 47.6 Å². The molecule has 0 spiro atoms. The van der Waals surface area contributed by atoms with Gasteiger partial charge in [0, 0.05) is 6.61 Å². The lowest BCUT2D eigenvalue weighted by atomic mass is 10.1. The maximum absolute atomic E-state index is 5.35. The molecule has 0 amide bonds. The molecule has 10 heavy (non-hydrogen) atoms. The second kappa shape index (κ2) is 7.07. The van der Waals surface area contributed by atoms with Gasteiger partial charge in [0.25, 0.3) is 0 Å². The largest absolute Gasteiger partial charge is 0.379 e. The minimum atomic E-state index is 0. The lowest BCUT2D eigenvalue weighted by molar-refractivity contribution is 0.0710. The molecule has 0 radical (unpaired) electrons. The molecule has 0 unspecified atom stereocenters. The van der Waals surface area contributed by atoms with E-state index < -0.39 is 0 Å². The first-order valence-electron chi connectivity index (χ1n) is 3.74. The van der Waals surface area contributed by atoms with Crippen LogP contribution in [0.1, 0.15) is 41.5 Å². The summed E-state index contributed by atoms with van der Waals surface area (Å²) in [4.78, 5) is 0. The Balaban J connectivity index is 0. The van der Waals surface area contributed by atoms with Crippen molar-refractivity contribution in [3.05, 3.63) is 0 Å². The highest BCUT2D eigenvalue weighted by Crippen LogP contribution is 2.00. The Hall–Kier alpha value is -0.0400. The Kier molecular flexibility index (Phi) is 8.92. The monoisotopic (exact) mass is 146 g/mol. The van der Waals surface area contributed by atoms with E-state index in [2.05, 4.69) is 27.7 Å². The lowest BCUT2D eigenvalue weighted by Gasteiger charge is -2.08. The molecule has 0 N–H and O–H groups in total. The van der Waals surface area contributed by atoms with E-state index in [1.54, 1.807) is 0 Å². The SMILES string of the molecule is C.CC(C)CCOC(C)C. The van der Waals surface area contributed by atoms with Gasteiger partial charge in [-0.25, -0.2) is 0 Å². The van der Waals surface area contributed by atoms with Crippen molar-refractivity contribution < 1.29 is 4.74 Å². The fraction of sp³-hybridized carbons (Fsp3) is 1.00. The summed E-state index contributed by atoms with van der Waals surface area (Å²) in [6.07, 6.45) is 1.57. The second-order valence-electron chi connectivity index (χ2n) is 3.10. The average Bonchev–Trinajstić information content (AvgIpc) is 1.63. The van der Waals surface area contributed by atoms with Crippen LogP contribution in [0.3, 0.4) is 0 Å². The van der Waals surface area contributed by atoms with E-state index in [-0.39, 0.29) is 7.43 Å². The second-order valence-corrected chi connectivity index (χ2v) is 3.10. The van der Waals surface area contributed by atoms with Crippen molar-refractivity contribution in [2.75, 3.05) is 6.61 Å². The molecule has 0 rings (SSSR count). The van der Waals surface area contributed by atoms with Crippen LogP contribution in [0.5, 0.6) is 0 Å². The van der Waals surface area contributed by atoms with Crippen molar-refractivity contribution in [1.29, 1.82) is 0 Å². The molecule has 0 bridgehead atoms. The zero-order valence-corrected chi connectivity index (χ0v) is 6.98. The third-order valence-electron chi connectivity index (χ3n) is 1.15. The molecule has 0 aromatic heterocycles. The molecule has 1 nitrogen and oxygen atoms in total. The number of rotatable bonds is 4. The summed E-state index contributed by atoms with van der Waals surface area (Å²) in [7, 11) is 0. The van der Waals surface area contributed by atoms with Crippen LogP contribution < -0.4 is 0 Å². The molecular formula is C9H22O. The molecule has 0 heterocycles. The zero-order valence-electron chi connectivity index (χ0n) is 6.98. The first kappa shape index (κ1) is 12.6. The number of hydrogen-bond donors (Lipinski definition) is 0. The maximum Gasteiger partial charge on any atom is 0.0518 e. The Morgan fingerprint density at radius 3 is 1.90 bits per heavy atom. The predicted octanol–water partition coefficient (Wildman–Crippen LogP) is 3.09. The summed E-state index contributed by atoms with van der Waals surface area (Å²) in [6.45, 7) is 9.48. The van der Waals surface area contributed by atoms with Crippen LogP contribution in [0, 0.1) is 5.92 Å². The topological polar surface area (TPSA) is 9.23 Å². The van der Waals surface area contributed by atoms with Crippen molar-refractivity contribution in [3.8, 4) is 0 Å². The van der Waals surface area contributed by atoms with Crippen LogP contribution in [-0.4, -0.2) is 12.7 Å². The molecule has 0 aromatic carbocycles. The van der Waals surface area contributed by atoms with Crippen molar-refractivity contribution >= 4 is 0 Å². The van der Waals surface area contributed by atoms with Crippen molar-refractivity contribution in [1.82, 2.24) is 0 Å². The van der Waals surface area contributed by atoms with E-state index in [0.717, 1.165) is 12.5 Å². The molecule has 0 aliphatic heterocycles. The minimum Gasteiger partial charge on any atom is -0.379 e. The normalized spacial score (nSPS) is 10.2. The van der Waals surface area contributed by atoms with Gasteiger partial charge >= 0.3 is 0 Å². The number of hydrogen-bond acceptors (Lipinski definition) is 1. The summed E-state index contributed by atoms with van der Waals surface area (Å²) < 4.78 is 5.35. The molecule has 1 heteroatoms. The quantitative estimate of drug-likeness (QED) is 0.592. The molecule has 0 saturated carbocycles. The van der Waals surface area contributed by atoms with E-state index in [1.165, 1.54) is 6.42 Å². The van der Waals surface area contributed by atoms with E-state index in [4.69, 9.17) is 4.74 Å². The zero-order chi connectivity index (χ0) is 7.28. The maximum atomic E-state index is 5.35. The van der Waals surface area contributed by atoms with Crippen LogP contribution in [0.15, 0.2) is 0 Å². The molecule has 0 fully saturated rings. The fourth-order valence-electron chi connectivity index (χ4n) is 0.539. The van der Waals surface area contributed by atoms with Gasteiger partial charge in [-0.1, -0.05) is 21.3 Å². The van der Waals surface area contributed by atoms with Gasteiger partial charge < -0.3 is 4.74 Å². The first-order chi connectivity index (χ1) is 4.13. The summed E-state index contributed by atoms with van der Waals surface area (Å²) in [5.41, 5.74) is 0. The van der Waals surface area contributed by atoms with Gasteiger partial charge in [0.2, 0.25) is 0 Å². The molecule has 64 valence electrons. The van der Waals surface area contributed by atoms with E-state index in [1.807, 2.05) is 0 Å². The van der Waals surface area contributed by atoms with E-state index >= 15 is 0 Å². The van der Waals surface area contributed by atoms with Crippen LogP contribution in [-0.2, 0) is 4.74 Å². The predicted molar refractivity (Wildman–Crippen MR) is 47.3 cm³/mol.